The first-order valence-corrected chi connectivity index (χ1v) is 4.27. The third-order valence-corrected chi connectivity index (χ3v) is 3.44. The van der Waals surface area contributed by atoms with Gasteiger partial charge < -0.3 is 0 Å². The average Bonchev–Trinajstić information content (AvgIpc) is 2.46. The first-order chi connectivity index (χ1) is 5.05. The number of hydrogen-bond donors (Lipinski definition) is 0. The van der Waals surface area contributed by atoms with Crippen molar-refractivity contribution in [1.82, 2.24) is 0 Å². The quantitative estimate of drug-likeness (QED) is 0.484. The lowest BCUT2D eigenvalue weighted by Gasteiger charge is -2.08. The van der Waals surface area contributed by atoms with Gasteiger partial charge in [-0.3, -0.25) is 4.79 Å². The molecule has 0 spiro atoms. The topological polar surface area (TPSA) is 17.1 Å². The summed E-state index contributed by atoms with van der Waals surface area (Å²) in [5.74, 6) is 1.33. The first-order valence-electron chi connectivity index (χ1n) is 4.27. The van der Waals surface area contributed by atoms with E-state index in [2.05, 4.69) is 20.4 Å². The Balaban J connectivity index is 2.25. The molecule has 2 fully saturated rings. The predicted octanol–water partition coefficient (Wildman–Crippen LogP) is 2.18. The molecule has 2 aliphatic rings. The van der Waals surface area contributed by atoms with Crippen LogP contribution in [0.15, 0.2) is 12.2 Å². The smallest absolute Gasteiger partial charge is 0.162 e. The van der Waals surface area contributed by atoms with E-state index in [1.54, 1.807) is 0 Å². The summed E-state index contributed by atoms with van der Waals surface area (Å²) in [6.45, 7) is 8.17. The highest BCUT2D eigenvalue weighted by Gasteiger charge is 2.62. The second-order valence-corrected chi connectivity index (χ2v) is 4.41. The Morgan fingerprint density at radius 3 is 2.73 bits per heavy atom. The molecule has 0 saturated heterocycles. The first kappa shape index (κ1) is 7.08. The molecule has 0 bridgehead atoms. The van der Waals surface area contributed by atoms with E-state index in [1.165, 1.54) is 6.42 Å². The lowest BCUT2D eigenvalue weighted by Crippen LogP contribution is -2.11. The van der Waals surface area contributed by atoms with Crippen LogP contribution in [-0.4, -0.2) is 5.78 Å². The Bertz CT molecular complexity index is 237. The number of ketones is 1. The van der Waals surface area contributed by atoms with Crippen LogP contribution in [0.25, 0.3) is 0 Å². The number of Topliss-reactive ketones (excluding diaryl/α,β-unsaturated/α-hetero) is 1. The van der Waals surface area contributed by atoms with Gasteiger partial charge in [0.1, 0.15) is 0 Å². The molecule has 2 saturated carbocycles. The predicted molar refractivity (Wildman–Crippen MR) is 44.1 cm³/mol. The van der Waals surface area contributed by atoms with Gasteiger partial charge in [-0.2, -0.15) is 0 Å². The maximum Gasteiger partial charge on any atom is 0.162 e. The molecule has 0 aliphatic heterocycles. The van der Waals surface area contributed by atoms with Gasteiger partial charge in [-0.1, -0.05) is 20.4 Å². The molecule has 0 radical (unpaired) electrons. The van der Waals surface area contributed by atoms with Crippen molar-refractivity contribution in [3.05, 3.63) is 12.2 Å². The zero-order valence-electron chi connectivity index (χ0n) is 7.18. The molecular formula is C10H14O. The van der Waals surface area contributed by atoms with Crippen molar-refractivity contribution in [3.8, 4) is 0 Å². The maximum absolute atomic E-state index is 11.5. The van der Waals surface area contributed by atoms with Gasteiger partial charge in [0.05, 0.1) is 0 Å². The summed E-state index contributed by atoms with van der Waals surface area (Å²) in [7, 11) is 0. The summed E-state index contributed by atoms with van der Waals surface area (Å²) in [6.07, 6.45) is 2.12. The molecule has 2 aliphatic carbocycles. The van der Waals surface area contributed by atoms with Crippen LogP contribution in [0.1, 0.15) is 26.7 Å². The molecule has 0 aromatic rings. The Morgan fingerprint density at radius 1 is 1.55 bits per heavy atom. The van der Waals surface area contributed by atoms with E-state index >= 15 is 0 Å². The maximum atomic E-state index is 11.5. The van der Waals surface area contributed by atoms with Crippen molar-refractivity contribution in [2.24, 2.45) is 17.3 Å². The largest absolute Gasteiger partial charge is 0.294 e. The highest BCUT2D eigenvalue weighted by atomic mass is 16.1. The minimum Gasteiger partial charge on any atom is -0.294 e. The lowest BCUT2D eigenvalue weighted by atomic mass is 9.95. The van der Waals surface area contributed by atoms with Crippen molar-refractivity contribution in [2.45, 2.75) is 26.7 Å². The minimum atomic E-state index is 0.288. The van der Waals surface area contributed by atoms with Crippen molar-refractivity contribution in [1.29, 1.82) is 0 Å². The van der Waals surface area contributed by atoms with Crippen LogP contribution in [0, 0.1) is 17.3 Å². The summed E-state index contributed by atoms with van der Waals surface area (Å²) in [5.41, 5.74) is 1.15. The molecule has 1 heteroatoms. The molecule has 0 aromatic carbocycles. The number of hydrogen-bond acceptors (Lipinski definition) is 1. The van der Waals surface area contributed by atoms with Gasteiger partial charge in [-0.15, -0.1) is 0 Å². The van der Waals surface area contributed by atoms with E-state index in [0.717, 1.165) is 12.0 Å². The third-order valence-electron chi connectivity index (χ3n) is 3.44. The third kappa shape index (κ3) is 0.741. The van der Waals surface area contributed by atoms with Crippen molar-refractivity contribution < 1.29 is 4.79 Å². The van der Waals surface area contributed by atoms with Crippen LogP contribution in [-0.2, 0) is 4.79 Å². The Morgan fingerprint density at radius 2 is 2.18 bits per heavy atom. The minimum absolute atomic E-state index is 0.288. The standard InChI is InChI=1S/C10H14O/c1-6-4-5-7-8(9(6)11)10(7,2)3/h7-8H,1,4-5H2,2-3H3/t7-,8-/m1/s1. The van der Waals surface area contributed by atoms with E-state index in [0.29, 0.717) is 17.6 Å². The molecule has 0 N–H and O–H groups in total. The van der Waals surface area contributed by atoms with E-state index < -0.39 is 0 Å². The zero-order chi connectivity index (χ0) is 8.22. The van der Waals surface area contributed by atoms with E-state index in [-0.39, 0.29) is 5.41 Å². The highest BCUT2D eigenvalue weighted by Crippen LogP contribution is 2.63. The molecule has 0 amide bonds. The molecule has 2 rings (SSSR count). The summed E-state index contributed by atoms with van der Waals surface area (Å²) >= 11 is 0. The van der Waals surface area contributed by atoms with E-state index in [4.69, 9.17) is 0 Å². The van der Waals surface area contributed by atoms with Crippen LogP contribution in [0.4, 0.5) is 0 Å². The van der Waals surface area contributed by atoms with Crippen molar-refractivity contribution in [3.63, 3.8) is 0 Å². The second kappa shape index (κ2) is 1.77. The lowest BCUT2D eigenvalue weighted by molar-refractivity contribution is -0.118. The van der Waals surface area contributed by atoms with Gasteiger partial charge in [0.15, 0.2) is 5.78 Å². The molecule has 0 heterocycles. The van der Waals surface area contributed by atoms with Gasteiger partial charge >= 0.3 is 0 Å². The summed E-state index contributed by atoms with van der Waals surface area (Å²) < 4.78 is 0. The monoisotopic (exact) mass is 150 g/mol. The number of allylic oxidation sites excluding steroid dienone is 1. The highest BCUT2D eigenvalue weighted by molar-refractivity contribution is 6.00. The number of fused-ring (bicyclic) bond motifs is 1. The Kier molecular flexibility index (Phi) is 1.14. The van der Waals surface area contributed by atoms with Gasteiger partial charge in [0, 0.05) is 5.92 Å². The van der Waals surface area contributed by atoms with Crippen molar-refractivity contribution >= 4 is 5.78 Å². The average molecular weight is 150 g/mol. The van der Waals surface area contributed by atoms with Crippen LogP contribution in [0.2, 0.25) is 0 Å². The summed E-state index contributed by atoms with van der Waals surface area (Å²) in [4.78, 5) is 11.5. The zero-order valence-corrected chi connectivity index (χ0v) is 7.18. The van der Waals surface area contributed by atoms with E-state index in [9.17, 15) is 4.79 Å². The molecular weight excluding hydrogens is 136 g/mol. The molecule has 0 aromatic heterocycles. The van der Waals surface area contributed by atoms with Gasteiger partial charge in [-0.05, 0) is 29.7 Å². The molecule has 60 valence electrons. The summed E-state index contributed by atoms with van der Waals surface area (Å²) in [5, 5.41) is 0. The van der Waals surface area contributed by atoms with Crippen LogP contribution in [0.3, 0.4) is 0 Å². The molecule has 2 atom stereocenters. The number of carbonyl (C=O) groups excluding carboxylic acids is 1. The van der Waals surface area contributed by atoms with E-state index in [1.807, 2.05) is 0 Å². The molecule has 11 heavy (non-hydrogen) atoms. The van der Waals surface area contributed by atoms with Gasteiger partial charge in [-0.25, -0.2) is 0 Å². The Hall–Kier alpha value is -0.590. The number of rotatable bonds is 0. The molecule has 1 nitrogen and oxygen atoms in total. The molecule has 0 unspecified atom stereocenters. The fraction of sp³-hybridized carbons (Fsp3) is 0.700. The summed E-state index contributed by atoms with van der Waals surface area (Å²) in [6, 6.07) is 0. The number of carbonyl (C=O) groups is 1. The fourth-order valence-corrected chi connectivity index (χ4v) is 2.48. The van der Waals surface area contributed by atoms with Crippen LogP contribution < -0.4 is 0 Å². The normalized spacial score (nSPS) is 40.2. The van der Waals surface area contributed by atoms with Crippen molar-refractivity contribution in [2.75, 3.05) is 0 Å². The second-order valence-electron chi connectivity index (χ2n) is 4.41. The van der Waals surface area contributed by atoms with Crippen LogP contribution >= 0.6 is 0 Å². The Labute approximate surface area is 67.5 Å². The van der Waals surface area contributed by atoms with Gasteiger partial charge in [0.25, 0.3) is 0 Å². The van der Waals surface area contributed by atoms with Crippen LogP contribution in [0.5, 0.6) is 0 Å². The van der Waals surface area contributed by atoms with Gasteiger partial charge in [0.2, 0.25) is 0 Å². The SMILES string of the molecule is C=C1CC[C@@H]2[C@H](C1=O)C2(C)C. The fourth-order valence-electron chi connectivity index (χ4n) is 2.48.